The van der Waals surface area contributed by atoms with Crippen LogP contribution in [0.2, 0.25) is 0 Å². The second-order valence-electron chi connectivity index (χ2n) is 9.95. The van der Waals surface area contributed by atoms with E-state index in [0.717, 1.165) is 11.6 Å². The smallest absolute Gasteiger partial charge is 0.422 e. The van der Waals surface area contributed by atoms with E-state index in [1.165, 1.54) is 38.3 Å². The lowest BCUT2D eigenvalue weighted by molar-refractivity contribution is -0.270. The Labute approximate surface area is 234 Å². The maximum atomic E-state index is 14.5. The molecule has 8 nitrogen and oxygen atoms in total. The fourth-order valence-corrected chi connectivity index (χ4v) is 3.98. The number of Topliss-reactive ketones (excluding diaryl/α,β-unsaturated/α-hetero) is 1. The van der Waals surface area contributed by atoms with Gasteiger partial charge in [0.05, 0.1) is 24.0 Å². The van der Waals surface area contributed by atoms with Gasteiger partial charge in [0.1, 0.15) is 6.67 Å². The average Bonchev–Trinajstić information content (AvgIpc) is 2.93. The highest BCUT2D eigenvalue weighted by atomic mass is 19.4. The molecular weight excluding hydrogens is 546 g/mol. The molecular formula is C29H31F4N3O5. The van der Waals surface area contributed by atoms with Crippen LogP contribution in [0.25, 0.3) is 11.3 Å². The first-order chi connectivity index (χ1) is 19.1. The molecule has 0 radical (unpaired) electrons. The van der Waals surface area contributed by atoms with E-state index in [9.17, 15) is 32.3 Å². The van der Waals surface area contributed by atoms with Crippen LogP contribution in [0.5, 0.6) is 11.5 Å². The van der Waals surface area contributed by atoms with Crippen LogP contribution in [0, 0.1) is 6.92 Å². The van der Waals surface area contributed by atoms with Crippen LogP contribution in [0.15, 0.2) is 54.6 Å². The number of carbonyl (C=O) groups excluding carboxylic acids is 2. The van der Waals surface area contributed by atoms with Crippen LogP contribution in [0.3, 0.4) is 0 Å². The quantitative estimate of drug-likeness (QED) is 0.213. The SMILES string of the molecule is COc1cc(C(=O)CC[C@](O)(c2cc(C(C)(N)CF)cc(-c3ccc(C)cc3)n2)C(F)(F)F)ccc1OCC(N)=O. The largest absolute Gasteiger partial charge is 0.493 e. The second kappa shape index (κ2) is 12.2. The number of carbonyl (C=O) groups is 2. The minimum atomic E-state index is -5.26. The number of rotatable bonds is 12. The molecule has 2 atom stereocenters. The van der Waals surface area contributed by atoms with Gasteiger partial charge in [0.25, 0.3) is 5.91 Å². The van der Waals surface area contributed by atoms with Crippen molar-refractivity contribution in [3.8, 4) is 22.8 Å². The van der Waals surface area contributed by atoms with Crippen LogP contribution >= 0.6 is 0 Å². The number of ketones is 1. The zero-order chi connectivity index (χ0) is 30.6. The number of nitrogens with zero attached hydrogens (tertiary/aromatic N) is 1. The Hall–Kier alpha value is -4.03. The molecule has 41 heavy (non-hydrogen) atoms. The second-order valence-corrected chi connectivity index (χ2v) is 9.95. The van der Waals surface area contributed by atoms with Crippen molar-refractivity contribution in [3.05, 3.63) is 77.0 Å². The van der Waals surface area contributed by atoms with Crippen LogP contribution in [0.4, 0.5) is 17.6 Å². The number of methoxy groups -OCH3 is 1. The molecule has 5 N–H and O–H groups in total. The number of nitrogens with two attached hydrogens (primary N) is 2. The number of hydrogen-bond acceptors (Lipinski definition) is 7. The number of hydrogen-bond donors (Lipinski definition) is 3. The maximum absolute atomic E-state index is 14.5. The minimum absolute atomic E-state index is 0.00846. The summed E-state index contributed by atoms with van der Waals surface area (Å²) in [5.41, 5.74) is 6.38. The Morgan fingerprint density at radius 3 is 2.24 bits per heavy atom. The van der Waals surface area contributed by atoms with Crippen molar-refractivity contribution in [1.29, 1.82) is 0 Å². The van der Waals surface area contributed by atoms with E-state index < -0.39 is 60.8 Å². The minimum Gasteiger partial charge on any atom is -0.493 e. The highest BCUT2D eigenvalue weighted by Crippen LogP contribution is 2.43. The Kier molecular flexibility index (Phi) is 9.40. The molecule has 0 aliphatic rings. The first kappa shape index (κ1) is 31.5. The van der Waals surface area contributed by atoms with E-state index in [1.807, 2.05) is 6.92 Å². The fraction of sp³-hybridized carbons (Fsp3) is 0.345. The number of aromatic nitrogens is 1. The molecule has 0 spiro atoms. The average molecular weight is 578 g/mol. The summed E-state index contributed by atoms with van der Waals surface area (Å²) >= 11 is 0. The monoisotopic (exact) mass is 577 g/mol. The standard InChI is InChI=1S/C29H31F4N3O5/c1-17-4-6-18(7-5-17)21-13-20(27(2,35)16-30)14-25(36-21)28(39,29(31,32)33)11-10-22(37)19-8-9-23(24(12-19)40-3)41-15-26(34)38/h4-9,12-14,39H,10-11,15-16,35H2,1-3H3,(H2,34,38)/t27?,28-/m0/s1. The van der Waals surface area contributed by atoms with E-state index >= 15 is 0 Å². The van der Waals surface area contributed by atoms with Gasteiger partial charge < -0.3 is 26.0 Å². The number of ether oxygens (including phenoxy) is 2. The number of aryl methyl sites for hydroxylation is 1. The number of primary amides is 1. The molecule has 0 fully saturated rings. The third-order valence-corrected chi connectivity index (χ3v) is 6.57. The van der Waals surface area contributed by atoms with E-state index in [1.54, 1.807) is 24.3 Å². The molecule has 0 aliphatic heterocycles. The summed E-state index contributed by atoms with van der Waals surface area (Å²) in [5.74, 6) is -1.34. The third kappa shape index (κ3) is 7.19. The summed E-state index contributed by atoms with van der Waals surface area (Å²) in [7, 11) is 1.27. The van der Waals surface area contributed by atoms with Gasteiger partial charge in [0, 0.05) is 17.5 Å². The van der Waals surface area contributed by atoms with Gasteiger partial charge in [-0.15, -0.1) is 0 Å². The number of amides is 1. The lowest BCUT2D eigenvalue weighted by Gasteiger charge is -2.32. The Morgan fingerprint density at radius 1 is 1.02 bits per heavy atom. The van der Waals surface area contributed by atoms with E-state index in [0.29, 0.717) is 5.56 Å². The molecule has 1 heterocycles. The van der Waals surface area contributed by atoms with Crippen molar-refractivity contribution >= 4 is 11.7 Å². The Bertz CT molecular complexity index is 1410. The van der Waals surface area contributed by atoms with Gasteiger partial charge >= 0.3 is 6.18 Å². The van der Waals surface area contributed by atoms with E-state index in [4.69, 9.17) is 20.9 Å². The summed E-state index contributed by atoms with van der Waals surface area (Å²) in [5, 5.41) is 11.1. The fourth-order valence-electron chi connectivity index (χ4n) is 3.98. The van der Waals surface area contributed by atoms with Crippen molar-refractivity contribution < 1.29 is 41.7 Å². The Morgan fingerprint density at radius 2 is 1.68 bits per heavy atom. The van der Waals surface area contributed by atoms with Gasteiger partial charge in [-0.1, -0.05) is 29.8 Å². The topological polar surface area (TPSA) is 138 Å². The van der Waals surface area contributed by atoms with Crippen molar-refractivity contribution in [2.75, 3.05) is 20.4 Å². The third-order valence-electron chi connectivity index (χ3n) is 6.57. The molecule has 220 valence electrons. The van der Waals surface area contributed by atoms with Crippen molar-refractivity contribution in [2.45, 2.75) is 44.0 Å². The summed E-state index contributed by atoms with van der Waals surface area (Å²) in [6, 6.07) is 12.9. The number of aliphatic hydroxyl groups is 1. The summed E-state index contributed by atoms with van der Waals surface area (Å²) in [4.78, 5) is 28.0. The zero-order valence-electron chi connectivity index (χ0n) is 22.7. The molecule has 0 aliphatic carbocycles. The number of alkyl halides is 4. The maximum Gasteiger partial charge on any atom is 0.422 e. The van der Waals surface area contributed by atoms with Gasteiger partial charge in [0.2, 0.25) is 5.60 Å². The summed E-state index contributed by atoms with van der Waals surface area (Å²) in [6.07, 6.45) is -7.08. The molecule has 0 saturated heterocycles. The summed E-state index contributed by atoms with van der Waals surface area (Å²) in [6.45, 7) is 1.60. The zero-order valence-corrected chi connectivity index (χ0v) is 22.7. The highest BCUT2D eigenvalue weighted by molar-refractivity contribution is 5.96. The number of benzene rings is 2. The van der Waals surface area contributed by atoms with Crippen molar-refractivity contribution in [1.82, 2.24) is 4.98 Å². The molecule has 1 amide bonds. The van der Waals surface area contributed by atoms with Crippen LogP contribution in [0.1, 0.15) is 46.9 Å². The van der Waals surface area contributed by atoms with Gasteiger partial charge in [-0.25, -0.2) is 9.37 Å². The predicted octanol–water partition coefficient (Wildman–Crippen LogP) is 4.49. The lowest BCUT2D eigenvalue weighted by Crippen LogP contribution is -2.44. The molecule has 1 aromatic heterocycles. The molecule has 3 aromatic rings. The first-order valence-corrected chi connectivity index (χ1v) is 12.5. The lowest BCUT2D eigenvalue weighted by atomic mass is 9.86. The molecule has 0 saturated carbocycles. The Balaban J connectivity index is 2.01. The van der Waals surface area contributed by atoms with Crippen molar-refractivity contribution in [3.63, 3.8) is 0 Å². The predicted molar refractivity (Wildman–Crippen MR) is 143 cm³/mol. The van der Waals surface area contributed by atoms with E-state index in [-0.39, 0.29) is 28.3 Å². The van der Waals surface area contributed by atoms with Gasteiger partial charge in [0.15, 0.2) is 23.9 Å². The van der Waals surface area contributed by atoms with Crippen molar-refractivity contribution in [2.24, 2.45) is 11.5 Å². The number of pyridine rings is 1. The van der Waals surface area contributed by atoms with Gasteiger partial charge in [-0.3, -0.25) is 9.59 Å². The first-order valence-electron chi connectivity index (χ1n) is 12.5. The molecule has 1 unspecified atom stereocenters. The van der Waals surface area contributed by atoms with E-state index in [2.05, 4.69) is 4.98 Å². The highest BCUT2D eigenvalue weighted by Gasteiger charge is 2.56. The van der Waals surface area contributed by atoms with Crippen LogP contribution in [-0.2, 0) is 15.9 Å². The van der Waals surface area contributed by atoms with Crippen LogP contribution in [-0.4, -0.2) is 48.3 Å². The molecule has 12 heteroatoms. The van der Waals surface area contributed by atoms with Crippen LogP contribution < -0.4 is 20.9 Å². The normalized spacial score (nSPS) is 14.6. The van der Waals surface area contributed by atoms with Gasteiger partial charge in [-0.2, -0.15) is 13.2 Å². The molecule has 2 aromatic carbocycles. The molecule has 3 rings (SSSR count). The summed E-state index contributed by atoms with van der Waals surface area (Å²) < 4.78 is 67.6. The molecule has 0 bridgehead atoms. The van der Waals surface area contributed by atoms with Gasteiger partial charge in [-0.05, 0) is 56.2 Å². The number of halogens is 4.